The summed E-state index contributed by atoms with van der Waals surface area (Å²) < 4.78 is 12.9. The summed E-state index contributed by atoms with van der Waals surface area (Å²) in [6.07, 6.45) is 0. The summed E-state index contributed by atoms with van der Waals surface area (Å²) in [5.74, 6) is 0.277. The van der Waals surface area contributed by atoms with Crippen LogP contribution in [0.4, 0.5) is 9.18 Å². The Morgan fingerprint density at radius 3 is 2.56 bits per heavy atom. The van der Waals surface area contributed by atoms with Gasteiger partial charge in [-0.15, -0.1) is 0 Å². The number of carbonyl (C=O) groups is 1. The Morgan fingerprint density at radius 1 is 1.39 bits per heavy atom. The van der Waals surface area contributed by atoms with Crippen LogP contribution < -0.4 is 5.73 Å². The van der Waals surface area contributed by atoms with Crippen molar-refractivity contribution in [2.45, 2.75) is 19.9 Å². The van der Waals surface area contributed by atoms with Gasteiger partial charge in [0.25, 0.3) is 0 Å². The maximum Gasteiger partial charge on any atom is 0.346 e. The van der Waals surface area contributed by atoms with E-state index in [-0.39, 0.29) is 23.7 Å². The minimum atomic E-state index is -0.375. The number of nitrogens with two attached hydrogens (primary N) is 1. The van der Waals surface area contributed by atoms with E-state index >= 15 is 0 Å². The molecule has 0 aromatic heterocycles. The Kier molecular flexibility index (Phi) is 3.32. The zero-order chi connectivity index (χ0) is 13.3. The Morgan fingerprint density at radius 2 is 2.00 bits per heavy atom. The molecule has 5 heteroatoms. The summed E-state index contributed by atoms with van der Waals surface area (Å²) >= 11 is 0. The number of aliphatic imine (C=N–C) groups is 1. The van der Waals surface area contributed by atoms with Crippen molar-refractivity contribution in [3.05, 3.63) is 35.6 Å². The molecule has 0 spiro atoms. The summed E-state index contributed by atoms with van der Waals surface area (Å²) in [7, 11) is 0. The molecule has 1 aromatic rings. The lowest BCUT2D eigenvalue weighted by Crippen LogP contribution is -2.35. The van der Waals surface area contributed by atoms with Gasteiger partial charge >= 0.3 is 6.03 Å². The van der Waals surface area contributed by atoms with Crippen molar-refractivity contribution in [3.63, 3.8) is 0 Å². The summed E-state index contributed by atoms with van der Waals surface area (Å²) in [5, 5.41) is 0. The second kappa shape index (κ2) is 4.76. The van der Waals surface area contributed by atoms with Crippen molar-refractivity contribution in [1.82, 2.24) is 4.90 Å². The van der Waals surface area contributed by atoms with E-state index in [0.29, 0.717) is 12.5 Å². The van der Waals surface area contributed by atoms with Crippen molar-refractivity contribution in [2.24, 2.45) is 16.6 Å². The first kappa shape index (κ1) is 12.5. The SMILES string of the molecule is CC(C)CN1C(=O)N=C(N)C1c1ccc(F)cc1. The minimum Gasteiger partial charge on any atom is -0.385 e. The predicted molar refractivity (Wildman–Crippen MR) is 67.7 cm³/mol. The largest absolute Gasteiger partial charge is 0.385 e. The molecule has 1 heterocycles. The van der Waals surface area contributed by atoms with Gasteiger partial charge in [-0.25, -0.2) is 9.18 Å². The molecule has 1 unspecified atom stereocenters. The van der Waals surface area contributed by atoms with Crippen molar-refractivity contribution in [3.8, 4) is 0 Å². The topological polar surface area (TPSA) is 58.7 Å². The molecule has 2 N–H and O–H groups in total. The molecular weight excluding hydrogens is 233 g/mol. The van der Waals surface area contributed by atoms with Crippen molar-refractivity contribution >= 4 is 11.9 Å². The zero-order valence-electron chi connectivity index (χ0n) is 10.4. The van der Waals surface area contributed by atoms with E-state index < -0.39 is 0 Å². The lowest BCUT2D eigenvalue weighted by Gasteiger charge is -2.26. The molecular formula is C13H16FN3O. The molecule has 0 aliphatic carbocycles. The molecule has 2 amide bonds. The molecule has 4 nitrogen and oxygen atoms in total. The highest BCUT2D eigenvalue weighted by Crippen LogP contribution is 2.27. The number of amidine groups is 1. The third-order valence-electron chi connectivity index (χ3n) is 2.81. The van der Waals surface area contributed by atoms with Gasteiger partial charge in [-0.3, -0.25) is 0 Å². The molecule has 0 saturated heterocycles. The first-order chi connectivity index (χ1) is 8.49. The highest BCUT2D eigenvalue weighted by atomic mass is 19.1. The van der Waals surface area contributed by atoms with Gasteiger partial charge in [0, 0.05) is 6.54 Å². The van der Waals surface area contributed by atoms with Crippen LogP contribution in [0.25, 0.3) is 0 Å². The number of hydrogen-bond acceptors (Lipinski definition) is 2. The van der Waals surface area contributed by atoms with E-state index in [1.807, 2.05) is 13.8 Å². The monoisotopic (exact) mass is 249 g/mol. The molecule has 0 radical (unpaired) electrons. The van der Waals surface area contributed by atoms with Crippen LogP contribution in [-0.4, -0.2) is 23.3 Å². The predicted octanol–water partition coefficient (Wildman–Crippen LogP) is 2.32. The Balaban J connectivity index is 2.31. The van der Waals surface area contributed by atoms with Gasteiger partial charge in [0.1, 0.15) is 17.7 Å². The van der Waals surface area contributed by atoms with Crippen molar-refractivity contribution in [2.75, 3.05) is 6.54 Å². The lowest BCUT2D eigenvalue weighted by atomic mass is 10.0. The first-order valence-corrected chi connectivity index (χ1v) is 5.89. The highest BCUT2D eigenvalue weighted by molar-refractivity contribution is 6.03. The minimum absolute atomic E-state index is 0.271. The van der Waals surface area contributed by atoms with Gasteiger partial charge in [-0.1, -0.05) is 26.0 Å². The molecule has 0 fully saturated rings. The van der Waals surface area contributed by atoms with E-state index in [2.05, 4.69) is 4.99 Å². The summed E-state index contributed by atoms with van der Waals surface area (Å²) in [6, 6.07) is 5.29. The van der Waals surface area contributed by atoms with Crippen LogP contribution in [0, 0.1) is 11.7 Å². The molecule has 1 aromatic carbocycles. The van der Waals surface area contributed by atoms with Gasteiger partial charge < -0.3 is 10.6 Å². The van der Waals surface area contributed by atoms with Gasteiger partial charge in [-0.05, 0) is 23.6 Å². The van der Waals surface area contributed by atoms with E-state index in [4.69, 9.17) is 5.73 Å². The lowest BCUT2D eigenvalue weighted by molar-refractivity contribution is 0.199. The van der Waals surface area contributed by atoms with Crippen LogP contribution in [0.15, 0.2) is 29.3 Å². The van der Waals surface area contributed by atoms with Crippen molar-refractivity contribution in [1.29, 1.82) is 0 Å². The molecule has 2 rings (SSSR count). The van der Waals surface area contributed by atoms with Gasteiger partial charge in [0.15, 0.2) is 0 Å². The molecule has 0 saturated carbocycles. The number of nitrogens with zero attached hydrogens (tertiary/aromatic N) is 2. The molecule has 18 heavy (non-hydrogen) atoms. The molecule has 1 atom stereocenters. The van der Waals surface area contributed by atoms with Crippen LogP contribution in [0.5, 0.6) is 0 Å². The van der Waals surface area contributed by atoms with Crippen LogP contribution >= 0.6 is 0 Å². The van der Waals surface area contributed by atoms with E-state index in [9.17, 15) is 9.18 Å². The average Bonchev–Trinajstić information content (AvgIpc) is 2.55. The second-order valence-corrected chi connectivity index (χ2v) is 4.82. The summed E-state index contributed by atoms with van der Waals surface area (Å²) in [5.41, 5.74) is 6.58. The second-order valence-electron chi connectivity index (χ2n) is 4.82. The van der Waals surface area contributed by atoms with Gasteiger partial charge in [0.05, 0.1) is 0 Å². The normalized spacial score (nSPS) is 19.6. The Hall–Kier alpha value is -1.91. The third kappa shape index (κ3) is 2.34. The molecule has 96 valence electrons. The van der Waals surface area contributed by atoms with E-state index in [0.717, 1.165) is 5.56 Å². The Bertz CT molecular complexity index is 482. The van der Waals surface area contributed by atoms with Gasteiger partial charge in [0.2, 0.25) is 0 Å². The highest BCUT2D eigenvalue weighted by Gasteiger charge is 2.34. The summed E-state index contributed by atoms with van der Waals surface area (Å²) in [4.78, 5) is 17.2. The van der Waals surface area contributed by atoms with E-state index in [1.54, 1.807) is 17.0 Å². The van der Waals surface area contributed by atoms with Gasteiger partial charge in [-0.2, -0.15) is 4.99 Å². The number of hydrogen-bond donors (Lipinski definition) is 1. The van der Waals surface area contributed by atoms with Crippen LogP contribution in [0.2, 0.25) is 0 Å². The third-order valence-corrected chi connectivity index (χ3v) is 2.81. The number of amides is 2. The maximum atomic E-state index is 12.9. The van der Waals surface area contributed by atoms with Crippen LogP contribution in [0.3, 0.4) is 0 Å². The number of benzene rings is 1. The van der Waals surface area contributed by atoms with Crippen LogP contribution in [0.1, 0.15) is 25.5 Å². The standard InChI is InChI=1S/C13H16FN3O/c1-8(2)7-17-11(12(15)16-13(17)18)9-3-5-10(14)6-4-9/h3-6,8,11H,7H2,1-2H3,(H2,15,16,18). The fraction of sp³-hybridized carbons (Fsp3) is 0.385. The number of halogens is 1. The summed E-state index contributed by atoms with van der Waals surface area (Å²) in [6.45, 7) is 4.61. The average molecular weight is 249 g/mol. The molecule has 1 aliphatic rings. The number of carbonyl (C=O) groups excluding carboxylic acids is 1. The number of rotatable bonds is 3. The zero-order valence-corrected chi connectivity index (χ0v) is 10.4. The molecule has 0 bridgehead atoms. The quantitative estimate of drug-likeness (QED) is 0.893. The molecule has 1 aliphatic heterocycles. The first-order valence-electron chi connectivity index (χ1n) is 5.89. The number of urea groups is 1. The van der Waals surface area contributed by atoms with Crippen LogP contribution in [-0.2, 0) is 0 Å². The Labute approximate surface area is 105 Å². The van der Waals surface area contributed by atoms with E-state index in [1.165, 1.54) is 12.1 Å². The fourth-order valence-electron chi connectivity index (χ4n) is 2.08. The fourth-order valence-corrected chi connectivity index (χ4v) is 2.08. The maximum absolute atomic E-state index is 12.9. The smallest absolute Gasteiger partial charge is 0.346 e. The van der Waals surface area contributed by atoms with Crippen molar-refractivity contribution < 1.29 is 9.18 Å².